The summed E-state index contributed by atoms with van der Waals surface area (Å²) in [5.41, 5.74) is 3.11. The van der Waals surface area contributed by atoms with Crippen LogP contribution in [0, 0.1) is 17.1 Å². The summed E-state index contributed by atoms with van der Waals surface area (Å²) in [6, 6.07) is 8.19. The van der Waals surface area contributed by atoms with Gasteiger partial charge in [0.15, 0.2) is 0 Å². The zero-order chi connectivity index (χ0) is 14.8. The summed E-state index contributed by atoms with van der Waals surface area (Å²) < 4.78 is 13.4. The molecule has 21 heavy (non-hydrogen) atoms. The number of rotatable bonds is 2. The van der Waals surface area contributed by atoms with Crippen molar-refractivity contribution in [2.24, 2.45) is 0 Å². The number of anilines is 2. The summed E-state index contributed by atoms with van der Waals surface area (Å²) in [7, 11) is 0. The Morgan fingerprint density at radius 2 is 2.00 bits per heavy atom. The third-order valence-corrected chi connectivity index (χ3v) is 3.76. The van der Waals surface area contributed by atoms with Crippen molar-refractivity contribution < 1.29 is 4.39 Å². The second kappa shape index (κ2) is 5.71. The van der Waals surface area contributed by atoms with Crippen LogP contribution >= 0.6 is 11.6 Å². The van der Waals surface area contributed by atoms with Gasteiger partial charge in [-0.3, -0.25) is 0 Å². The number of nitrogens with zero attached hydrogens (tertiary/aromatic N) is 2. The summed E-state index contributed by atoms with van der Waals surface area (Å²) in [4.78, 5) is 4.54. The van der Waals surface area contributed by atoms with Crippen LogP contribution in [0.3, 0.4) is 0 Å². The largest absolute Gasteiger partial charge is 0.339 e. The molecule has 1 aromatic heterocycles. The standard InChI is InChI=1S/C16H13ClFN3/c17-12-6-13(18)8-14(7-12)20-16-11(9-19)5-10-3-1-2-4-15(10)21-16/h5-8H,1-4H2,(H,20,21). The molecule has 1 heterocycles. The quantitative estimate of drug-likeness (QED) is 0.896. The van der Waals surface area contributed by atoms with Crippen molar-refractivity contribution >= 4 is 23.1 Å². The maximum absolute atomic E-state index is 13.4. The summed E-state index contributed by atoms with van der Waals surface area (Å²) in [6.07, 6.45) is 4.12. The average molecular weight is 302 g/mol. The third kappa shape index (κ3) is 2.98. The molecule has 0 radical (unpaired) electrons. The zero-order valence-corrected chi connectivity index (χ0v) is 12.0. The lowest BCUT2D eigenvalue weighted by Crippen LogP contribution is -2.09. The van der Waals surface area contributed by atoms with E-state index in [4.69, 9.17) is 11.6 Å². The second-order valence-electron chi connectivity index (χ2n) is 5.09. The molecule has 0 bridgehead atoms. The number of benzene rings is 1. The zero-order valence-electron chi connectivity index (χ0n) is 11.3. The molecule has 1 aliphatic rings. The summed E-state index contributed by atoms with van der Waals surface area (Å²) >= 11 is 5.84. The van der Waals surface area contributed by atoms with Crippen LogP contribution in [0.25, 0.3) is 0 Å². The molecule has 3 nitrogen and oxygen atoms in total. The molecule has 0 unspecified atom stereocenters. The maximum atomic E-state index is 13.4. The molecular formula is C16H13ClFN3. The van der Waals surface area contributed by atoms with Gasteiger partial charge in [-0.2, -0.15) is 5.26 Å². The average Bonchev–Trinajstić information content (AvgIpc) is 2.45. The molecular weight excluding hydrogens is 289 g/mol. The molecule has 0 spiro atoms. The molecule has 0 saturated heterocycles. The first-order valence-electron chi connectivity index (χ1n) is 6.82. The Hall–Kier alpha value is -2.12. The lowest BCUT2D eigenvalue weighted by atomic mass is 9.95. The van der Waals surface area contributed by atoms with Gasteiger partial charge < -0.3 is 5.32 Å². The minimum absolute atomic E-state index is 0.300. The Balaban J connectivity index is 1.99. The molecule has 0 amide bonds. The van der Waals surface area contributed by atoms with Crippen molar-refractivity contribution in [3.8, 4) is 6.07 Å². The van der Waals surface area contributed by atoms with Crippen LogP contribution < -0.4 is 5.32 Å². The molecule has 0 fully saturated rings. The highest BCUT2D eigenvalue weighted by Crippen LogP contribution is 2.27. The lowest BCUT2D eigenvalue weighted by Gasteiger charge is -2.17. The van der Waals surface area contributed by atoms with Gasteiger partial charge in [0, 0.05) is 16.4 Å². The van der Waals surface area contributed by atoms with Crippen LogP contribution in [-0.2, 0) is 12.8 Å². The summed E-state index contributed by atoms with van der Waals surface area (Å²) in [6.45, 7) is 0. The second-order valence-corrected chi connectivity index (χ2v) is 5.53. The van der Waals surface area contributed by atoms with E-state index in [1.165, 1.54) is 12.1 Å². The molecule has 0 aliphatic heterocycles. The predicted molar refractivity (Wildman–Crippen MR) is 80.3 cm³/mol. The molecule has 3 rings (SSSR count). The van der Waals surface area contributed by atoms with Crippen LogP contribution in [0.2, 0.25) is 5.02 Å². The fourth-order valence-corrected chi connectivity index (χ4v) is 2.80. The van der Waals surface area contributed by atoms with E-state index in [1.54, 1.807) is 6.07 Å². The molecule has 1 aromatic carbocycles. The van der Waals surface area contributed by atoms with E-state index in [0.29, 0.717) is 22.1 Å². The van der Waals surface area contributed by atoms with Gasteiger partial charge in [-0.25, -0.2) is 9.37 Å². The number of pyridine rings is 1. The van der Waals surface area contributed by atoms with Crippen molar-refractivity contribution in [2.75, 3.05) is 5.32 Å². The summed E-state index contributed by atoms with van der Waals surface area (Å²) in [5, 5.41) is 12.6. The van der Waals surface area contributed by atoms with E-state index in [9.17, 15) is 9.65 Å². The first-order chi connectivity index (χ1) is 10.2. The SMILES string of the molecule is N#Cc1cc2c(nc1Nc1cc(F)cc(Cl)c1)CCCC2. The smallest absolute Gasteiger partial charge is 0.148 e. The number of aryl methyl sites for hydroxylation is 2. The molecule has 0 atom stereocenters. The molecule has 1 aliphatic carbocycles. The summed E-state index contributed by atoms with van der Waals surface area (Å²) in [5.74, 6) is 0.0290. The molecule has 2 aromatic rings. The van der Waals surface area contributed by atoms with Crippen LogP contribution in [0.1, 0.15) is 29.7 Å². The van der Waals surface area contributed by atoms with Gasteiger partial charge in [0.1, 0.15) is 17.7 Å². The first-order valence-corrected chi connectivity index (χ1v) is 7.19. The highest BCUT2D eigenvalue weighted by molar-refractivity contribution is 6.30. The van der Waals surface area contributed by atoms with Crippen molar-refractivity contribution in [3.05, 3.63) is 51.9 Å². The Labute approximate surface area is 127 Å². The van der Waals surface area contributed by atoms with Gasteiger partial charge >= 0.3 is 0 Å². The molecule has 106 valence electrons. The Bertz CT molecular complexity index is 717. The number of halogens is 2. The number of nitrogens with one attached hydrogen (secondary N) is 1. The van der Waals surface area contributed by atoms with Crippen LogP contribution in [0.15, 0.2) is 24.3 Å². The highest BCUT2D eigenvalue weighted by atomic mass is 35.5. The number of hydrogen-bond acceptors (Lipinski definition) is 3. The van der Waals surface area contributed by atoms with E-state index in [0.717, 1.165) is 36.9 Å². The minimum atomic E-state index is -0.429. The number of fused-ring (bicyclic) bond motifs is 1. The maximum Gasteiger partial charge on any atom is 0.148 e. The lowest BCUT2D eigenvalue weighted by molar-refractivity contribution is 0.628. The molecule has 0 saturated carbocycles. The Morgan fingerprint density at radius 1 is 1.19 bits per heavy atom. The Kier molecular flexibility index (Phi) is 3.76. The molecule has 5 heteroatoms. The predicted octanol–water partition coefficient (Wildman–Crippen LogP) is 4.37. The van der Waals surface area contributed by atoms with E-state index in [-0.39, 0.29) is 0 Å². The molecule has 1 N–H and O–H groups in total. The van der Waals surface area contributed by atoms with Crippen LogP contribution in [0.4, 0.5) is 15.9 Å². The number of nitriles is 1. The van der Waals surface area contributed by atoms with Crippen molar-refractivity contribution in [1.82, 2.24) is 4.98 Å². The third-order valence-electron chi connectivity index (χ3n) is 3.55. The van der Waals surface area contributed by atoms with Crippen LogP contribution in [-0.4, -0.2) is 4.98 Å². The monoisotopic (exact) mass is 301 g/mol. The van der Waals surface area contributed by atoms with Gasteiger partial charge in [0.2, 0.25) is 0 Å². The highest BCUT2D eigenvalue weighted by Gasteiger charge is 2.15. The van der Waals surface area contributed by atoms with E-state index < -0.39 is 5.82 Å². The van der Waals surface area contributed by atoms with Gasteiger partial charge in [0.05, 0.1) is 5.56 Å². The van der Waals surface area contributed by atoms with Gasteiger partial charge in [-0.1, -0.05) is 11.6 Å². The van der Waals surface area contributed by atoms with Crippen LogP contribution in [0.5, 0.6) is 0 Å². The van der Waals surface area contributed by atoms with E-state index >= 15 is 0 Å². The number of aromatic nitrogens is 1. The van der Waals surface area contributed by atoms with Crippen molar-refractivity contribution in [3.63, 3.8) is 0 Å². The normalized spacial score (nSPS) is 13.4. The van der Waals surface area contributed by atoms with Gasteiger partial charge in [-0.05, 0) is 55.5 Å². The van der Waals surface area contributed by atoms with Crippen molar-refractivity contribution in [2.45, 2.75) is 25.7 Å². The topological polar surface area (TPSA) is 48.7 Å². The minimum Gasteiger partial charge on any atom is -0.339 e. The first kappa shape index (κ1) is 13.8. The fourth-order valence-electron chi connectivity index (χ4n) is 2.58. The van der Waals surface area contributed by atoms with E-state index in [1.807, 2.05) is 6.07 Å². The number of hydrogen-bond donors (Lipinski definition) is 1. The fraction of sp³-hybridized carbons (Fsp3) is 0.250. The van der Waals surface area contributed by atoms with Crippen molar-refractivity contribution in [1.29, 1.82) is 5.26 Å². The van der Waals surface area contributed by atoms with Gasteiger partial charge in [0.25, 0.3) is 0 Å². The Morgan fingerprint density at radius 3 is 2.76 bits per heavy atom. The van der Waals surface area contributed by atoms with E-state index in [2.05, 4.69) is 16.4 Å². The van der Waals surface area contributed by atoms with Gasteiger partial charge in [-0.15, -0.1) is 0 Å².